The molecule has 0 spiro atoms. The van der Waals surface area contributed by atoms with E-state index in [1.807, 2.05) is 0 Å². The minimum absolute atomic E-state index is 0.796. The third kappa shape index (κ3) is 1.72. The van der Waals surface area contributed by atoms with Gasteiger partial charge in [-0.2, -0.15) is 0 Å². The molecule has 1 radical (unpaired) electrons. The monoisotopic (exact) mass is 88.0 g/mol. The van der Waals surface area contributed by atoms with Crippen molar-refractivity contribution in [1.82, 2.24) is 0 Å². The van der Waals surface area contributed by atoms with E-state index in [4.69, 9.17) is 5.11 Å². The summed E-state index contributed by atoms with van der Waals surface area (Å²) in [6, 6.07) is 0. The molecular weight excluding hydrogens is 82.0 g/mol. The quantitative estimate of drug-likeness (QED) is 0.417. The standard InChI is InChI=1S/C3H6NO2/c1-2(5)3(4)6/h2,5H,1H2,(H2,4,6). The van der Waals surface area contributed by atoms with E-state index in [-0.39, 0.29) is 0 Å². The molecule has 35 valence electrons. The van der Waals surface area contributed by atoms with Crippen LogP contribution in [-0.4, -0.2) is 17.1 Å². The van der Waals surface area contributed by atoms with Crippen LogP contribution in [0.15, 0.2) is 0 Å². The minimum atomic E-state index is -1.26. The van der Waals surface area contributed by atoms with Gasteiger partial charge in [0.1, 0.15) is 6.10 Å². The van der Waals surface area contributed by atoms with Gasteiger partial charge in [0.2, 0.25) is 5.91 Å². The van der Waals surface area contributed by atoms with Gasteiger partial charge in [0.05, 0.1) is 0 Å². The van der Waals surface area contributed by atoms with Gasteiger partial charge in [0, 0.05) is 0 Å². The maximum Gasteiger partial charge on any atom is 0.246 e. The molecule has 0 aliphatic carbocycles. The lowest BCUT2D eigenvalue weighted by Gasteiger charge is -1.90. The second-order valence-corrected chi connectivity index (χ2v) is 0.918. The third-order valence-corrected chi connectivity index (χ3v) is 0.328. The summed E-state index contributed by atoms with van der Waals surface area (Å²) >= 11 is 0. The number of amides is 1. The zero-order valence-corrected chi connectivity index (χ0v) is 3.22. The van der Waals surface area contributed by atoms with Crippen LogP contribution in [0.5, 0.6) is 0 Å². The van der Waals surface area contributed by atoms with Crippen LogP contribution < -0.4 is 5.73 Å². The Morgan fingerprint density at radius 3 is 2.17 bits per heavy atom. The van der Waals surface area contributed by atoms with Gasteiger partial charge in [-0.05, 0) is 6.92 Å². The Bertz CT molecular complexity index is 59.8. The van der Waals surface area contributed by atoms with Crippen LogP contribution in [-0.2, 0) is 4.79 Å². The molecule has 0 aromatic rings. The Morgan fingerprint density at radius 1 is 2.00 bits per heavy atom. The zero-order chi connectivity index (χ0) is 5.15. The van der Waals surface area contributed by atoms with E-state index < -0.39 is 12.0 Å². The van der Waals surface area contributed by atoms with Gasteiger partial charge >= 0.3 is 0 Å². The molecule has 6 heavy (non-hydrogen) atoms. The Labute approximate surface area is 35.8 Å². The van der Waals surface area contributed by atoms with Crippen molar-refractivity contribution in [1.29, 1.82) is 0 Å². The predicted molar refractivity (Wildman–Crippen MR) is 20.6 cm³/mol. The summed E-state index contributed by atoms with van der Waals surface area (Å²) in [6.45, 7) is 2.92. The van der Waals surface area contributed by atoms with Crippen LogP contribution in [0.2, 0.25) is 0 Å². The summed E-state index contributed by atoms with van der Waals surface area (Å²) in [5.74, 6) is -0.796. The van der Waals surface area contributed by atoms with Gasteiger partial charge in [-0.3, -0.25) is 4.79 Å². The van der Waals surface area contributed by atoms with Gasteiger partial charge in [0.15, 0.2) is 0 Å². The highest BCUT2D eigenvalue weighted by molar-refractivity contribution is 5.79. The molecule has 0 bridgehead atoms. The lowest BCUT2D eigenvalue weighted by atomic mass is 10.4. The van der Waals surface area contributed by atoms with Crippen molar-refractivity contribution in [3.63, 3.8) is 0 Å². The largest absolute Gasteiger partial charge is 0.383 e. The van der Waals surface area contributed by atoms with Crippen molar-refractivity contribution in [3.8, 4) is 0 Å². The number of carbonyl (C=O) groups excluding carboxylic acids is 1. The first-order valence-corrected chi connectivity index (χ1v) is 1.45. The Hall–Kier alpha value is -0.570. The predicted octanol–water partition coefficient (Wildman–Crippen LogP) is -1.33. The lowest BCUT2D eigenvalue weighted by molar-refractivity contribution is -0.123. The maximum absolute atomic E-state index is 9.61. The number of primary amides is 1. The van der Waals surface area contributed by atoms with Crippen LogP contribution in [0, 0.1) is 6.92 Å². The van der Waals surface area contributed by atoms with Gasteiger partial charge in [0.25, 0.3) is 0 Å². The molecule has 0 fully saturated rings. The number of nitrogens with two attached hydrogens (primary N) is 1. The topological polar surface area (TPSA) is 63.3 Å². The number of aliphatic hydroxyl groups excluding tert-OH is 1. The van der Waals surface area contributed by atoms with Crippen LogP contribution in [0.4, 0.5) is 0 Å². The summed E-state index contributed by atoms with van der Waals surface area (Å²) < 4.78 is 0. The first kappa shape index (κ1) is 5.43. The van der Waals surface area contributed by atoms with Crippen molar-refractivity contribution in [3.05, 3.63) is 6.92 Å². The molecule has 0 saturated heterocycles. The molecule has 0 aromatic heterocycles. The summed E-state index contributed by atoms with van der Waals surface area (Å²) in [4.78, 5) is 9.61. The normalized spacial score (nSPS) is 13.7. The molecule has 0 aliphatic heterocycles. The van der Waals surface area contributed by atoms with Crippen molar-refractivity contribution in [2.75, 3.05) is 0 Å². The molecular formula is C3H6NO2. The Balaban J connectivity index is 3.26. The second-order valence-electron chi connectivity index (χ2n) is 0.918. The number of hydrogen-bond acceptors (Lipinski definition) is 2. The molecule has 1 amide bonds. The summed E-state index contributed by atoms with van der Waals surface area (Å²) in [7, 11) is 0. The molecule has 0 heterocycles. The van der Waals surface area contributed by atoms with Crippen molar-refractivity contribution < 1.29 is 9.90 Å². The first-order chi connectivity index (χ1) is 2.64. The van der Waals surface area contributed by atoms with Crippen LogP contribution in [0.25, 0.3) is 0 Å². The number of rotatable bonds is 1. The molecule has 0 aliphatic rings. The highest BCUT2D eigenvalue weighted by Gasteiger charge is 1.98. The van der Waals surface area contributed by atoms with Gasteiger partial charge in [-0.15, -0.1) is 0 Å². The molecule has 1 atom stereocenters. The van der Waals surface area contributed by atoms with Crippen LogP contribution in [0.3, 0.4) is 0 Å². The Kier molecular flexibility index (Phi) is 1.60. The summed E-state index contributed by atoms with van der Waals surface area (Å²) in [5, 5.41) is 8.04. The average Bonchev–Trinajstić information content (AvgIpc) is 1.36. The summed E-state index contributed by atoms with van der Waals surface area (Å²) in [6.07, 6.45) is -1.26. The number of aliphatic hydroxyl groups is 1. The molecule has 0 saturated carbocycles. The van der Waals surface area contributed by atoms with E-state index in [2.05, 4.69) is 12.7 Å². The van der Waals surface area contributed by atoms with E-state index in [1.165, 1.54) is 0 Å². The van der Waals surface area contributed by atoms with Crippen LogP contribution >= 0.6 is 0 Å². The molecule has 0 aromatic carbocycles. The fourth-order valence-corrected chi connectivity index (χ4v) is 0. The Morgan fingerprint density at radius 2 is 2.17 bits per heavy atom. The fourth-order valence-electron chi connectivity index (χ4n) is 0. The van der Waals surface area contributed by atoms with Crippen molar-refractivity contribution >= 4 is 5.91 Å². The number of hydrogen-bond donors (Lipinski definition) is 2. The first-order valence-electron chi connectivity index (χ1n) is 1.45. The van der Waals surface area contributed by atoms with Gasteiger partial charge in [-0.1, -0.05) is 0 Å². The molecule has 3 nitrogen and oxygen atoms in total. The number of carbonyl (C=O) groups is 1. The fraction of sp³-hybridized carbons (Fsp3) is 0.333. The lowest BCUT2D eigenvalue weighted by Crippen LogP contribution is -2.24. The van der Waals surface area contributed by atoms with Crippen molar-refractivity contribution in [2.45, 2.75) is 6.10 Å². The minimum Gasteiger partial charge on any atom is -0.383 e. The van der Waals surface area contributed by atoms with E-state index in [1.54, 1.807) is 0 Å². The smallest absolute Gasteiger partial charge is 0.246 e. The van der Waals surface area contributed by atoms with Crippen molar-refractivity contribution in [2.24, 2.45) is 5.73 Å². The van der Waals surface area contributed by atoms with Crippen LogP contribution in [0.1, 0.15) is 0 Å². The van der Waals surface area contributed by atoms with E-state index in [0.29, 0.717) is 0 Å². The maximum atomic E-state index is 9.61. The molecule has 0 rings (SSSR count). The SMILES string of the molecule is [CH2]C(O)C(N)=O. The van der Waals surface area contributed by atoms with E-state index in [0.717, 1.165) is 0 Å². The average molecular weight is 88.1 g/mol. The molecule has 1 unspecified atom stereocenters. The highest BCUT2D eigenvalue weighted by atomic mass is 16.3. The summed E-state index contributed by atoms with van der Waals surface area (Å²) in [5.41, 5.74) is 4.48. The second kappa shape index (κ2) is 1.77. The third-order valence-electron chi connectivity index (χ3n) is 0.328. The molecule has 3 N–H and O–H groups in total. The van der Waals surface area contributed by atoms with E-state index in [9.17, 15) is 4.79 Å². The van der Waals surface area contributed by atoms with Gasteiger partial charge < -0.3 is 10.8 Å². The van der Waals surface area contributed by atoms with Gasteiger partial charge in [-0.25, -0.2) is 0 Å². The zero-order valence-electron chi connectivity index (χ0n) is 3.22. The van der Waals surface area contributed by atoms with E-state index >= 15 is 0 Å². The molecule has 3 heteroatoms. The highest BCUT2D eigenvalue weighted by Crippen LogP contribution is 1.69.